The Hall–Kier alpha value is -1.84. The van der Waals surface area contributed by atoms with Gasteiger partial charge in [-0.15, -0.1) is 0 Å². The number of rotatable bonds is 30. The molecule has 0 spiro atoms. The Labute approximate surface area is 248 Å². The summed E-state index contributed by atoms with van der Waals surface area (Å²) in [5, 5.41) is 8.68. The summed E-state index contributed by atoms with van der Waals surface area (Å²) in [6.07, 6.45) is 40.4. The highest BCUT2D eigenvalue weighted by molar-refractivity contribution is 5.69. The summed E-state index contributed by atoms with van der Waals surface area (Å²) in [6, 6.07) is 0. The molecule has 232 valence electrons. The Bertz CT molecular complexity index is 649. The second kappa shape index (κ2) is 31.7. The van der Waals surface area contributed by atoms with Crippen LogP contribution in [0, 0.1) is 0 Å². The molecule has 1 atom stereocenters. The monoisotopic (exact) mass is 560 g/mol. The van der Waals surface area contributed by atoms with Crippen LogP contribution in [-0.4, -0.2) is 23.1 Å². The van der Waals surface area contributed by atoms with Crippen molar-refractivity contribution in [2.75, 3.05) is 0 Å². The summed E-state index contributed by atoms with van der Waals surface area (Å²) in [7, 11) is 0. The first kappa shape index (κ1) is 38.2. The fourth-order valence-electron chi connectivity index (χ4n) is 4.90. The molecule has 40 heavy (non-hydrogen) atoms. The topological polar surface area (TPSA) is 63.6 Å². The minimum Gasteiger partial charge on any atom is -0.481 e. The zero-order valence-electron chi connectivity index (χ0n) is 26.4. The SMILES string of the molecule is CC/C=C\C/C=C\C/C=C\CCCCCCCC(=O)OC(CCCCC)CCCCCCCCCCCC(=O)O. The number of hydrogen-bond acceptors (Lipinski definition) is 3. The van der Waals surface area contributed by atoms with Crippen LogP contribution in [-0.2, 0) is 14.3 Å². The lowest BCUT2D eigenvalue weighted by Gasteiger charge is -2.18. The molecule has 0 aromatic carbocycles. The Morgan fingerprint density at radius 3 is 1.62 bits per heavy atom. The lowest BCUT2D eigenvalue weighted by molar-refractivity contribution is -0.150. The first-order valence-electron chi connectivity index (χ1n) is 17.0. The molecule has 0 radical (unpaired) electrons. The molecule has 0 amide bonds. The Morgan fingerprint density at radius 2 is 1.05 bits per heavy atom. The number of carboxylic acid groups (broad SMARTS) is 1. The van der Waals surface area contributed by atoms with E-state index < -0.39 is 5.97 Å². The van der Waals surface area contributed by atoms with Gasteiger partial charge in [-0.25, -0.2) is 0 Å². The Morgan fingerprint density at radius 1 is 0.575 bits per heavy atom. The van der Waals surface area contributed by atoms with E-state index in [0.29, 0.717) is 12.8 Å². The predicted molar refractivity (Wildman–Crippen MR) is 172 cm³/mol. The van der Waals surface area contributed by atoms with Gasteiger partial charge in [0, 0.05) is 12.8 Å². The zero-order valence-corrected chi connectivity index (χ0v) is 26.4. The van der Waals surface area contributed by atoms with Crippen molar-refractivity contribution in [3.05, 3.63) is 36.5 Å². The average molecular weight is 561 g/mol. The smallest absolute Gasteiger partial charge is 0.306 e. The van der Waals surface area contributed by atoms with E-state index in [1.54, 1.807) is 0 Å². The maximum Gasteiger partial charge on any atom is 0.306 e. The van der Waals surface area contributed by atoms with Crippen molar-refractivity contribution in [3.8, 4) is 0 Å². The maximum atomic E-state index is 12.5. The van der Waals surface area contributed by atoms with Crippen LogP contribution in [0.3, 0.4) is 0 Å². The van der Waals surface area contributed by atoms with Crippen molar-refractivity contribution in [2.45, 2.75) is 180 Å². The van der Waals surface area contributed by atoms with E-state index in [9.17, 15) is 9.59 Å². The van der Waals surface area contributed by atoms with E-state index in [4.69, 9.17) is 9.84 Å². The Kier molecular flexibility index (Phi) is 30.2. The van der Waals surface area contributed by atoms with Crippen LogP contribution in [0.5, 0.6) is 0 Å². The molecule has 1 unspecified atom stereocenters. The number of carbonyl (C=O) groups is 2. The summed E-state index contributed by atoms with van der Waals surface area (Å²) in [5.41, 5.74) is 0. The van der Waals surface area contributed by atoms with E-state index >= 15 is 0 Å². The van der Waals surface area contributed by atoms with Crippen LogP contribution >= 0.6 is 0 Å². The van der Waals surface area contributed by atoms with E-state index in [0.717, 1.165) is 83.5 Å². The van der Waals surface area contributed by atoms with Gasteiger partial charge in [-0.3, -0.25) is 9.59 Å². The second-order valence-corrected chi connectivity index (χ2v) is 11.3. The number of esters is 1. The number of carbonyl (C=O) groups excluding carboxylic acids is 1. The number of carboxylic acids is 1. The number of unbranched alkanes of at least 4 members (excludes halogenated alkanes) is 15. The van der Waals surface area contributed by atoms with Crippen molar-refractivity contribution >= 4 is 11.9 Å². The Balaban J connectivity index is 3.81. The van der Waals surface area contributed by atoms with Crippen molar-refractivity contribution in [1.82, 2.24) is 0 Å². The molecule has 0 bridgehead atoms. The van der Waals surface area contributed by atoms with Crippen LogP contribution in [0.25, 0.3) is 0 Å². The summed E-state index contributed by atoms with van der Waals surface area (Å²) >= 11 is 0. The van der Waals surface area contributed by atoms with Crippen LogP contribution in [0.2, 0.25) is 0 Å². The lowest BCUT2D eigenvalue weighted by Crippen LogP contribution is -2.18. The van der Waals surface area contributed by atoms with Gasteiger partial charge in [-0.2, -0.15) is 0 Å². The van der Waals surface area contributed by atoms with E-state index in [-0.39, 0.29) is 12.1 Å². The minimum atomic E-state index is -0.682. The molecule has 0 saturated carbocycles. The normalized spacial score (nSPS) is 12.7. The van der Waals surface area contributed by atoms with Gasteiger partial charge < -0.3 is 9.84 Å². The van der Waals surface area contributed by atoms with Crippen LogP contribution < -0.4 is 0 Å². The summed E-state index contributed by atoms with van der Waals surface area (Å²) in [4.78, 5) is 23.0. The molecule has 0 aliphatic rings. The second-order valence-electron chi connectivity index (χ2n) is 11.3. The molecule has 4 heteroatoms. The van der Waals surface area contributed by atoms with Crippen molar-refractivity contribution in [1.29, 1.82) is 0 Å². The van der Waals surface area contributed by atoms with Crippen LogP contribution in [0.15, 0.2) is 36.5 Å². The fraction of sp³-hybridized carbons (Fsp3) is 0.778. The summed E-state index contributed by atoms with van der Waals surface area (Å²) in [5.74, 6) is -0.676. The third-order valence-electron chi connectivity index (χ3n) is 7.38. The van der Waals surface area contributed by atoms with Crippen molar-refractivity contribution < 1.29 is 19.4 Å². The summed E-state index contributed by atoms with van der Waals surface area (Å²) in [6.45, 7) is 4.38. The quantitative estimate of drug-likeness (QED) is 0.0539. The molecule has 0 aromatic rings. The van der Waals surface area contributed by atoms with Gasteiger partial charge in [0.2, 0.25) is 0 Å². The summed E-state index contributed by atoms with van der Waals surface area (Å²) < 4.78 is 5.92. The fourth-order valence-corrected chi connectivity index (χ4v) is 4.90. The standard InChI is InChI=1S/C36H64O4/c1-3-5-7-8-9-10-11-12-13-14-15-19-22-25-29-33-36(39)40-34(30-26-6-4-2)31-27-23-20-17-16-18-21-24-28-32-35(37)38/h5,7,9-10,12-13,34H,3-4,6,8,11,14-33H2,1-2H3,(H,37,38)/b7-5-,10-9-,13-12-. The third kappa shape index (κ3) is 30.7. The van der Waals surface area contributed by atoms with Gasteiger partial charge in [-0.05, 0) is 70.6 Å². The highest BCUT2D eigenvalue weighted by Gasteiger charge is 2.14. The van der Waals surface area contributed by atoms with Crippen molar-refractivity contribution in [3.63, 3.8) is 0 Å². The van der Waals surface area contributed by atoms with Gasteiger partial charge in [0.25, 0.3) is 0 Å². The number of aliphatic carboxylic acids is 1. The maximum absolute atomic E-state index is 12.5. The highest BCUT2D eigenvalue weighted by atomic mass is 16.5. The van der Waals surface area contributed by atoms with Crippen molar-refractivity contribution in [2.24, 2.45) is 0 Å². The van der Waals surface area contributed by atoms with E-state index in [1.807, 2.05) is 0 Å². The molecular formula is C36H64O4. The predicted octanol–water partition coefficient (Wildman–Crippen LogP) is 11.4. The first-order valence-corrected chi connectivity index (χ1v) is 17.0. The first-order chi connectivity index (χ1) is 19.6. The van der Waals surface area contributed by atoms with Gasteiger partial charge in [0.1, 0.15) is 6.10 Å². The number of allylic oxidation sites excluding steroid dienone is 6. The molecule has 0 fully saturated rings. The van der Waals surface area contributed by atoms with Gasteiger partial charge >= 0.3 is 11.9 Å². The molecule has 0 aliphatic heterocycles. The molecule has 0 heterocycles. The molecule has 0 saturated heterocycles. The molecule has 0 rings (SSSR count). The van der Waals surface area contributed by atoms with Gasteiger partial charge in [-0.1, -0.05) is 127 Å². The van der Waals surface area contributed by atoms with Crippen LogP contribution in [0.1, 0.15) is 174 Å². The lowest BCUT2D eigenvalue weighted by atomic mass is 10.0. The van der Waals surface area contributed by atoms with Gasteiger partial charge in [0.05, 0.1) is 0 Å². The number of ether oxygens (including phenoxy) is 1. The zero-order chi connectivity index (χ0) is 29.4. The van der Waals surface area contributed by atoms with Gasteiger partial charge in [0.15, 0.2) is 0 Å². The molecule has 4 nitrogen and oxygen atoms in total. The highest BCUT2D eigenvalue weighted by Crippen LogP contribution is 2.18. The molecule has 1 N–H and O–H groups in total. The number of hydrogen-bond donors (Lipinski definition) is 1. The van der Waals surface area contributed by atoms with E-state index in [1.165, 1.54) is 64.2 Å². The molecule has 0 aromatic heterocycles. The third-order valence-corrected chi connectivity index (χ3v) is 7.38. The van der Waals surface area contributed by atoms with E-state index in [2.05, 4.69) is 50.3 Å². The molecule has 0 aliphatic carbocycles. The molecular weight excluding hydrogens is 496 g/mol. The van der Waals surface area contributed by atoms with Crippen LogP contribution in [0.4, 0.5) is 0 Å². The minimum absolute atomic E-state index is 0.00516. The largest absolute Gasteiger partial charge is 0.481 e. The average Bonchev–Trinajstić information content (AvgIpc) is 2.93.